The maximum Gasteiger partial charge on any atom is 0.194 e. The Morgan fingerprint density at radius 2 is 2.16 bits per heavy atom. The van der Waals surface area contributed by atoms with Crippen molar-refractivity contribution in [3.05, 3.63) is 35.9 Å². The molecule has 1 aromatic rings. The number of nitrogens with zero attached hydrogens (tertiary/aromatic N) is 3. The number of morpholine rings is 1. The maximum absolute atomic E-state index is 6.08. The van der Waals surface area contributed by atoms with Gasteiger partial charge in [0, 0.05) is 38.5 Å². The molecule has 2 atom stereocenters. The molecule has 0 aliphatic carbocycles. The first-order valence-corrected chi connectivity index (χ1v) is 10.6. The van der Waals surface area contributed by atoms with Crippen LogP contribution in [0.5, 0.6) is 0 Å². The van der Waals surface area contributed by atoms with Gasteiger partial charge in [-0.25, -0.2) is 0 Å². The predicted molar refractivity (Wildman–Crippen MR) is 106 cm³/mol. The molecule has 25 heavy (non-hydrogen) atoms. The van der Waals surface area contributed by atoms with E-state index in [9.17, 15) is 0 Å². The highest BCUT2D eigenvalue weighted by Crippen LogP contribution is 2.24. The maximum atomic E-state index is 6.08. The van der Waals surface area contributed by atoms with Crippen LogP contribution in [0.1, 0.15) is 12.5 Å². The summed E-state index contributed by atoms with van der Waals surface area (Å²) in [5, 5.41) is 3.45. The molecular weight excluding hydrogens is 332 g/mol. The van der Waals surface area contributed by atoms with Crippen molar-refractivity contribution in [2.75, 3.05) is 51.3 Å². The van der Waals surface area contributed by atoms with Gasteiger partial charge in [0.1, 0.15) is 0 Å². The van der Waals surface area contributed by atoms with Crippen LogP contribution in [0.4, 0.5) is 0 Å². The van der Waals surface area contributed by atoms with Crippen LogP contribution in [-0.4, -0.2) is 79.2 Å². The average molecular weight is 363 g/mol. The van der Waals surface area contributed by atoms with E-state index >= 15 is 0 Å². The van der Waals surface area contributed by atoms with E-state index in [2.05, 4.69) is 58.6 Å². The number of hydrogen-bond donors (Lipinski definition) is 1. The summed E-state index contributed by atoms with van der Waals surface area (Å²) in [5.74, 6) is 2.10. The minimum Gasteiger partial charge on any atom is -0.373 e. The molecule has 0 amide bonds. The molecular formula is C19H30N4OS. The van der Waals surface area contributed by atoms with E-state index < -0.39 is 0 Å². The van der Waals surface area contributed by atoms with E-state index in [0.717, 1.165) is 57.6 Å². The van der Waals surface area contributed by atoms with Crippen molar-refractivity contribution in [3.63, 3.8) is 0 Å². The third kappa shape index (κ3) is 4.90. The second-order valence-electron chi connectivity index (χ2n) is 6.57. The standard InChI is InChI=1S/C19H30N4OS/c1-3-20-19(21-9-12-25-2)23-14-17-18(15-23)24-11-10-22(17)13-16-7-5-4-6-8-16/h4-8,17-18H,3,9-15H2,1-2H3,(H,20,21). The lowest BCUT2D eigenvalue weighted by Gasteiger charge is -2.36. The van der Waals surface area contributed by atoms with Gasteiger partial charge < -0.3 is 15.0 Å². The molecule has 1 N–H and O–H groups in total. The number of hydrogen-bond acceptors (Lipinski definition) is 4. The van der Waals surface area contributed by atoms with E-state index in [0.29, 0.717) is 6.04 Å². The molecule has 0 bridgehead atoms. The summed E-state index contributed by atoms with van der Waals surface area (Å²) in [6.45, 7) is 8.64. The highest BCUT2D eigenvalue weighted by molar-refractivity contribution is 7.98. The molecule has 0 spiro atoms. The van der Waals surface area contributed by atoms with Gasteiger partial charge in [-0.05, 0) is 18.7 Å². The van der Waals surface area contributed by atoms with Crippen LogP contribution < -0.4 is 5.32 Å². The summed E-state index contributed by atoms with van der Waals surface area (Å²) >= 11 is 1.84. The predicted octanol–water partition coefficient (Wildman–Crippen LogP) is 1.90. The molecule has 0 radical (unpaired) electrons. The number of likely N-dealkylation sites (tertiary alicyclic amines) is 1. The number of rotatable bonds is 6. The quantitative estimate of drug-likeness (QED) is 0.475. The topological polar surface area (TPSA) is 40.1 Å². The molecule has 2 saturated heterocycles. The van der Waals surface area contributed by atoms with Crippen molar-refractivity contribution in [1.29, 1.82) is 0 Å². The summed E-state index contributed by atoms with van der Waals surface area (Å²) in [5.41, 5.74) is 1.38. The molecule has 3 rings (SSSR count). The molecule has 2 unspecified atom stereocenters. The van der Waals surface area contributed by atoms with Crippen molar-refractivity contribution in [2.45, 2.75) is 25.6 Å². The first-order valence-electron chi connectivity index (χ1n) is 9.23. The average Bonchev–Trinajstić information content (AvgIpc) is 3.07. The van der Waals surface area contributed by atoms with Gasteiger partial charge in [0.2, 0.25) is 0 Å². The van der Waals surface area contributed by atoms with E-state index in [1.807, 2.05) is 11.8 Å². The largest absolute Gasteiger partial charge is 0.373 e. The van der Waals surface area contributed by atoms with Crippen LogP contribution in [0.25, 0.3) is 0 Å². The van der Waals surface area contributed by atoms with Crippen LogP contribution >= 0.6 is 11.8 Å². The first-order chi connectivity index (χ1) is 12.3. The minimum absolute atomic E-state index is 0.280. The lowest BCUT2D eigenvalue weighted by Crippen LogP contribution is -2.50. The molecule has 138 valence electrons. The Hall–Kier alpha value is -1.24. The van der Waals surface area contributed by atoms with Gasteiger partial charge in [0.15, 0.2) is 5.96 Å². The van der Waals surface area contributed by atoms with E-state index in [4.69, 9.17) is 9.73 Å². The number of fused-ring (bicyclic) bond motifs is 1. The highest BCUT2D eigenvalue weighted by atomic mass is 32.2. The number of ether oxygens (including phenoxy) is 1. The van der Waals surface area contributed by atoms with Gasteiger partial charge in [-0.2, -0.15) is 11.8 Å². The van der Waals surface area contributed by atoms with E-state index in [1.165, 1.54) is 5.56 Å². The molecule has 1 aromatic carbocycles. The first kappa shape index (κ1) is 18.5. The fourth-order valence-corrected chi connectivity index (χ4v) is 3.89. The fourth-order valence-electron chi connectivity index (χ4n) is 3.61. The van der Waals surface area contributed by atoms with Crippen LogP contribution in [-0.2, 0) is 11.3 Å². The smallest absolute Gasteiger partial charge is 0.194 e. The van der Waals surface area contributed by atoms with Crippen molar-refractivity contribution in [3.8, 4) is 0 Å². The lowest BCUT2D eigenvalue weighted by molar-refractivity contribution is -0.0502. The third-order valence-corrected chi connectivity index (χ3v) is 5.43. The van der Waals surface area contributed by atoms with Crippen LogP contribution in [0, 0.1) is 0 Å². The fraction of sp³-hybridized carbons (Fsp3) is 0.632. The number of thioether (sulfide) groups is 1. The highest BCUT2D eigenvalue weighted by Gasteiger charge is 2.41. The van der Waals surface area contributed by atoms with Gasteiger partial charge in [0.05, 0.1) is 25.3 Å². The molecule has 5 nitrogen and oxygen atoms in total. The summed E-state index contributed by atoms with van der Waals surface area (Å²) in [7, 11) is 0. The van der Waals surface area contributed by atoms with Gasteiger partial charge in [0.25, 0.3) is 0 Å². The molecule has 2 fully saturated rings. The van der Waals surface area contributed by atoms with Crippen molar-refractivity contribution in [1.82, 2.24) is 15.1 Å². The van der Waals surface area contributed by atoms with Crippen molar-refractivity contribution in [2.24, 2.45) is 4.99 Å². The number of aliphatic imine (C=N–C) groups is 1. The molecule has 0 aromatic heterocycles. The summed E-state index contributed by atoms with van der Waals surface area (Å²) in [6, 6.07) is 11.2. The Bertz CT molecular complexity index is 554. The summed E-state index contributed by atoms with van der Waals surface area (Å²) in [6.07, 6.45) is 2.41. The third-order valence-electron chi connectivity index (χ3n) is 4.84. The zero-order valence-corrected chi connectivity index (χ0v) is 16.2. The second kappa shape index (κ2) is 9.46. The van der Waals surface area contributed by atoms with Crippen LogP contribution in [0.15, 0.2) is 35.3 Å². The number of benzene rings is 1. The Morgan fingerprint density at radius 3 is 2.92 bits per heavy atom. The Kier molecular flexibility index (Phi) is 7.02. The van der Waals surface area contributed by atoms with Gasteiger partial charge in [-0.3, -0.25) is 9.89 Å². The van der Waals surface area contributed by atoms with Crippen molar-refractivity contribution < 1.29 is 4.74 Å². The lowest BCUT2D eigenvalue weighted by atomic mass is 10.1. The summed E-state index contributed by atoms with van der Waals surface area (Å²) < 4.78 is 6.08. The Morgan fingerprint density at radius 1 is 1.32 bits per heavy atom. The molecule has 0 saturated carbocycles. The molecule has 2 aliphatic rings. The molecule has 2 heterocycles. The van der Waals surface area contributed by atoms with Gasteiger partial charge >= 0.3 is 0 Å². The van der Waals surface area contributed by atoms with E-state index in [-0.39, 0.29) is 6.10 Å². The van der Waals surface area contributed by atoms with E-state index in [1.54, 1.807) is 0 Å². The second-order valence-corrected chi connectivity index (χ2v) is 7.55. The summed E-state index contributed by atoms with van der Waals surface area (Å²) in [4.78, 5) is 9.74. The Labute approximate surface area is 155 Å². The van der Waals surface area contributed by atoms with Gasteiger partial charge in [-0.15, -0.1) is 0 Å². The number of nitrogens with one attached hydrogen (secondary N) is 1. The number of guanidine groups is 1. The zero-order chi connectivity index (χ0) is 17.5. The van der Waals surface area contributed by atoms with Gasteiger partial charge in [-0.1, -0.05) is 30.3 Å². The van der Waals surface area contributed by atoms with Crippen LogP contribution in [0.3, 0.4) is 0 Å². The minimum atomic E-state index is 0.280. The zero-order valence-electron chi connectivity index (χ0n) is 15.4. The molecule has 2 aliphatic heterocycles. The van der Waals surface area contributed by atoms with Crippen molar-refractivity contribution >= 4 is 17.7 Å². The monoisotopic (exact) mass is 362 g/mol. The van der Waals surface area contributed by atoms with Crippen LogP contribution in [0.2, 0.25) is 0 Å². The Balaban J connectivity index is 1.65. The SMILES string of the molecule is CCNC(=NCCSC)N1CC2OCCN(Cc3ccccc3)C2C1. The molecule has 6 heteroatoms. The normalized spacial score (nSPS) is 24.4.